The molecule has 0 bridgehead atoms. The van der Waals surface area contributed by atoms with Crippen molar-refractivity contribution >= 4 is 5.78 Å². The van der Waals surface area contributed by atoms with E-state index >= 15 is 0 Å². The zero-order valence-electron chi connectivity index (χ0n) is 10.6. The summed E-state index contributed by atoms with van der Waals surface area (Å²) in [6, 6.07) is 7.20. The summed E-state index contributed by atoms with van der Waals surface area (Å²) in [7, 11) is 1.80. The molecule has 0 saturated carbocycles. The first-order valence-electron chi connectivity index (χ1n) is 5.97. The van der Waals surface area contributed by atoms with Crippen LogP contribution in [0.15, 0.2) is 36.7 Å². The number of nitrogens with zero attached hydrogens (tertiary/aromatic N) is 2. The monoisotopic (exact) mass is 244 g/mol. The lowest BCUT2D eigenvalue weighted by Gasteiger charge is -2.06. The molecule has 0 N–H and O–H groups in total. The smallest absolute Gasteiger partial charge is 0.228 e. The molecule has 0 atom stereocenters. The third-order valence-corrected chi connectivity index (χ3v) is 2.59. The van der Waals surface area contributed by atoms with Gasteiger partial charge in [0.25, 0.3) is 0 Å². The van der Waals surface area contributed by atoms with Crippen LogP contribution in [0.5, 0.6) is 5.75 Å². The molecule has 0 saturated heterocycles. The van der Waals surface area contributed by atoms with Crippen LogP contribution in [0, 0.1) is 0 Å². The molecule has 0 aliphatic heterocycles. The minimum Gasteiger partial charge on any atom is -0.494 e. The van der Waals surface area contributed by atoms with Gasteiger partial charge in [0.15, 0.2) is 5.82 Å². The average Bonchev–Trinajstić information content (AvgIpc) is 2.82. The third kappa shape index (κ3) is 2.59. The van der Waals surface area contributed by atoms with Crippen molar-refractivity contribution in [2.75, 3.05) is 6.61 Å². The second-order valence-electron chi connectivity index (χ2n) is 4.07. The molecule has 94 valence electrons. The van der Waals surface area contributed by atoms with Crippen LogP contribution in [-0.2, 0) is 7.05 Å². The highest BCUT2D eigenvalue weighted by molar-refractivity contribution is 6.06. The van der Waals surface area contributed by atoms with Gasteiger partial charge in [-0.15, -0.1) is 0 Å². The lowest BCUT2D eigenvalue weighted by molar-refractivity contribution is 0.102. The second kappa shape index (κ2) is 5.49. The lowest BCUT2D eigenvalue weighted by Crippen LogP contribution is -2.08. The molecule has 4 heteroatoms. The Balaban J connectivity index is 2.23. The van der Waals surface area contributed by atoms with Gasteiger partial charge in [0.2, 0.25) is 5.78 Å². The van der Waals surface area contributed by atoms with Crippen molar-refractivity contribution in [2.24, 2.45) is 7.05 Å². The standard InChI is InChI=1S/C14H16N2O2/c1-3-9-18-12-6-4-5-11(10-12)13(17)14-15-7-8-16(14)2/h4-8,10H,3,9H2,1-2H3. The Bertz CT molecular complexity index is 546. The molecule has 18 heavy (non-hydrogen) atoms. The van der Waals surface area contributed by atoms with E-state index in [1.807, 2.05) is 19.1 Å². The van der Waals surface area contributed by atoms with Gasteiger partial charge in [-0.25, -0.2) is 4.98 Å². The summed E-state index contributed by atoms with van der Waals surface area (Å²) < 4.78 is 7.22. The highest BCUT2D eigenvalue weighted by Gasteiger charge is 2.13. The van der Waals surface area contributed by atoms with E-state index in [-0.39, 0.29) is 5.78 Å². The first kappa shape index (κ1) is 12.4. The van der Waals surface area contributed by atoms with E-state index in [9.17, 15) is 4.79 Å². The Labute approximate surface area is 106 Å². The normalized spacial score (nSPS) is 10.3. The first-order valence-corrected chi connectivity index (χ1v) is 5.97. The molecule has 4 nitrogen and oxygen atoms in total. The number of hydrogen-bond acceptors (Lipinski definition) is 3. The number of benzene rings is 1. The Morgan fingerprint density at radius 3 is 2.94 bits per heavy atom. The van der Waals surface area contributed by atoms with Gasteiger partial charge >= 0.3 is 0 Å². The van der Waals surface area contributed by atoms with E-state index in [0.29, 0.717) is 18.0 Å². The van der Waals surface area contributed by atoms with Crippen molar-refractivity contribution in [3.63, 3.8) is 0 Å². The predicted molar refractivity (Wildman–Crippen MR) is 68.9 cm³/mol. The number of aryl methyl sites for hydroxylation is 1. The molecule has 0 fully saturated rings. The number of hydrogen-bond donors (Lipinski definition) is 0. The zero-order valence-corrected chi connectivity index (χ0v) is 10.6. The maximum atomic E-state index is 12.2. The van der Waals surface area contributed by atoms with Gasteiger partial charge in [-0.3, -0.25) is 4.79 Å². The van der Waals surface area contributed by atoms with Crippen LogP contribution in [0.4, 0.5) is 0 Å². The molecule has 2 rings (SSSR count). The number of aromatic nitrogens is 2. The van der Waals surface area contributed by atoms with Gasteiger partial charge in [-0.2, -0.15) is 0 Å². The van der Waals surface area contributed by atoms with Crippen molar-refractivity contribution in [3.8, 4) is 5.75 Å². The van der Waals surface area contributed by atoms with Crippen molar-refractivity contribution < 1.29 is 9.53 Å². The van der Waals surface area contributed by atoms with Gasteiger partial charge in [-0.05, 0) is 18.6 Å². The molecular formula is C14H16N2O2. The third-order valence-electron chi connectivity index (χ3n) is 2.59. The SMILES string of the molecule is CCCOc1cccc(C(=O)c2nccn2C)c1. The van der Waals surface area contributed by atoms with Crippen LogP contribution in [0.1, 0.15) is 29.5 Å². The van der Waals surface area contributed by atoms with Gasteiger partial charge in [0, 0.05) is 25.0 Å². The van der Waals surface area contributed by atoms with Crippen LogP contribution in [0.25, 0.3) is 0 Å². The van der Waals surface area contributed by atoms with Gasteiger partial charge in [0.1, 0.15) is 5.75 Å². The number of ether oxygens (including phenoxy) is 1. The summed E-state index contributed by atoms with van der Waals surface area (Å²) in [4.78, 5) is 16.3. The van der Waals surface area contributed by atoms with Crippen LogP contribution < -0.4 is 4.74 Å². The van der Waals surface area contributed by atoms with Crippen molar-refractivity contribution in [3.05, 3.63) is 48.0 Å². The van der Waals surface area contributed by atoms with E-state index in [1.54, 1.807) is 36.1 Å². The molecule has 1 aromatic carbocycles. The van der Waals surface area contributed by atoms with E-state index in [1.165, 1.54) is 0 Å². The minimum absolute atomic E-state index is 0.0931. The maximum absolute atomic E-state index is 12.2. The largest absolute Gasteiger partial charge is 0.494 e. The highest BCUT2D eigenvalue weighted by Crippen LogP contribution is 2.16. The summed E-state index contributed by atoms with van der Waals surface area (Å²) in [5.41, 5.74) is 0.595. The van der Waals surface area contributed by atoms with Gasteiger partial charge in [-0.1, -0.05) is 19.1 Å². The van der Waals surface area contributed by atoms with E-state index < -0.39 is 0 Å². The molecule has 0 amide bonds. The molecule has 2 aromatic rings. The quantitative estimate of drug-likeness (QED) is 0.759. The summed E-state index contributed by atoms with van der Waals surface area (Å²) in [6.45, 7) is 2.70. The number of rotatable bonds is 5. The van der Waals surface area contributed by atoms with Crippen LogP contribution in [0.3, 0.4) is 0 Å². The van der Waals surface area contributed by atoms with Crippen LogP contribution in [-0.4, -0.2) is 21.9 Å². The van der Waals surface area contributed by atoms with E-state index in [0.717, 1.165) is 12.2 Å². The Morgan fingerprint density at radius 1 is 1.44 bits per heavy atom. The van der Waals surface area contributed by atoms with Crippen molar-refractivity contribution in [1.29, 1.82) is 0 Å². The predicted octanol–water partition coefficient (Wildman–Crippen LogP) is 2.44. The minimum atomic E-state index is -0.0931. The molecule has 0 spiro atoms. The van der Waals surface area contributed by atoms with E-state index in [4.69, 9.17) is 4.74 Å². The highest BCUT2D eigenvalue weighted by atomic mass is 16.5. The topological polar surface area (TPSA) is 44.1 Å². The van der Waals surface area contributed by atoms with Gasteiger partial charge in [0.05, 0.1) is 6.61 Å². The zero-order chi connectivity index (χ0) is 13.0. The molecule has 0 aliphatic rings. The number of ketones is 1. The van der Waals surface area contributed by atoms with Crippen molar-refractivity contribution in [2.45, 2.75) is 13.3 Å². The summed E-state index contributed by atoms with van der Waals surface area (Å²) >= 11 is 0. The lowest BCUT2D eigenvalue weighted by atomic mass is 10.1. The summed E-state index contributed by atoms with van der Waals surface area (Å²) in [5, 5.41) is 0. The molecule has 0 aliphatic carbocycles. The second-order valence-corrected chi connectivity index (χ2v) is 4.07. The fourth-order valence-corrected chi connectivity index (χ4v) is 1.66. The first-order chi connectivity index (χ1) is 8.72. The number of imidazole rings is 1. The summed E-state index contributed by atoms with van der Waals surface area (Å²) in [5.74, 6) is 1.06. The average molecular weight is 244 g/mol. The maximum Gasteiger partial charge on any atom is 0.228 e. The van der Waals surface area contributed by atoms with E-state index in [2.05, 4.69) is 4.98 Å². The molecule has 1 heterocycles. The molecule has 0 unspecified atom stereocenters. The van der Waals surface area contributed by atoms with Crippen LogP contribution >= 0.6 is 0 Å². The summed E-state index contributed by atoms with van der Waals surface area (Å²) in [6.07, 6.45) is 4.31. The Hall–Kier alpha value is -2.10. The van der Waals surface area contributed by atoms with Crippen molar-refractivity contribution in [1.82, 2.24) is 9.55 Å². The molecule has 1 aromatic heterocycles. The molecular weight excluding hydrogens is 228 g/mol. The number of carbonyl (C=O) groups excluding carboxylic acids is 1. The fourth-order valence-electron chi connectivity index (χ4n) is 1.66. The number of carbonyl (C=O) groups is 1. The Kier molecular flexibility index (Phi) is 3.77. The Morgan fingerprint density at radius 2 is 2.28 bits per heavy atom. The van der Waals surface area contributed by atoms with Crippen LogP contribution in [0.2, 0.25) is 0 Å². The fraction of sp³-hybridized carbons (Fsp3) is 0.286. The molecule has 0 radical (unpaired) electrons. The van der Waals surface area contributed by atoms with Gasteiger partial charge < -0.3 is 9.30 Å².